The third-order valence-corrected chi connectivity index (χ3v) is 7.23. The van der Waals surface area contributed by atoms with Gasteiger partial charge in [0, 0.05) is 37.4 Å². The Bertz CT molecular complexity index is 1010. The first kappa shape index (κ1) is 24.0. The number of hydrogen-bond donors (Lipinski definition) is 2. The average molecular weight is 464 g/mol. The molecule has 1 aliphatic heterocycles. The first-order valence-electron chi connectivity index (χ1n) is 12.1. The molecule has 0 aromatic heterocycles. The number of anilines is 1. The molecule has 4 rings (SSSR count). The number of piperazine rings is 1. The van der Waals surface area contributed by atoms with Crippen LogP contribution in [0.4, 0.5) is 5.69 Å². The first-order chi connectivity index (χ1) is 16.4. The highest BCUT2D eigenvalue weighted by Gasteiger charge is 2.44. The Balaban J connectivity index is 1.38. The molecule has 2 fully saturated rings. The summed E-state index contributed by atoms with van der Waals surface area (Å²) in [7, 11) is 0. The van der Waals surface area contributed by atoms with Gasteiger partial charge >= 0.3 is 0 Å². The van der Waals surface area contributed by atoms with Crippen LogP contribution in [0.15, 0.2) is 54.6 Å². The largest absolute Gasteiger partial charge is 0.394 e. The van der Waals surface area contributed by atoms with Crippen LogP contribution in [0.1, 0.15) is 48.5 Å². The maximum Gasteiger partial charge on any atom is 0.247 e. The zero-order valence-corrected chi connectivity index (χ0v) is 19.7. The molecular formula is C27H33N3O4. The molecule has 7 nitrogen and oxygen atoms in total. The smallest absolute Gasteiger partial charge is 0.247 e. The minimum atomic E-state index is -0.949. The van der Waals surface area contributed by atoms with E-state index >= 15 is 0 Å². The van der Waals surface area contributed by atoms with E-state index < -0.39 is 18.1 Å². The van der Waals surface area contributed by atoms with Crippen molar-refractivity contribution >= 4 is 23.3 Å². The molecule has 0 spiro atoms. The summed E-state index contributed by atoms with van der Waals surface area (Å²) in [6.45, 7) is 3.41. The number of aliphatic hydroxyl groups is 1. The van der Waals surface area contributed by atoms with Crippen LogP contribution in [-0.4, -0.2) is 66.4 Å². The normalized spacial score (nSPS) is 18.4. The van der Waals surface area contributed by atoms with Crippen LogP contribution in [0, 0.1) is 0 Å². The molecule has 1 saturated carbocycles. The lowest BCUT2D eigenvalue weighted by Crippen LogP contribution is -2.58. The summed E-state index contributed by atoms with van der Waals surface area (Å²) in [4.78, 5) is 42.0. The zero-order chi connectivity index (χ0) is 24.1. The van der Waals surface area contributed by atoms with Gasteiger partial charge in [0.1, 0.15) is 6.04 Å². The van der Waals surface area contributed by atoms with Gasteiger partial charge in [-0.05, 0) is 49.6 Å². The number of nitrogens with zero attached hydrogens (tertiary/aromatic N) is 2. The highest BCUT2D eigenvalue weighted by Crippen LogP contribution is 2.41. The van der Waals surface area contributed by atoms with Crippen molar-refractivity contribution in [2.45, 2.75) is 44.1 Å². The summed E-state index contributed by atoms with van der Waals surface area (Å²) >= 11 is 0. The van der Waals surface area contributed by atoms with E-state index in [0.717, 1.165) is 36.9 Å². The Hall–Kier alpha value is -3.19. The van der Waals surface area contributed by atoms with Gasteiger partial charge in [0.2, 0.25) is 11.8 Å². The quantitative estimate of drug-likeness (QED) is 0.616. The Morgan fingerprint density at radius 3 is 2.12 bits per heavy atom. The zero-order valence-electron chi connectivity index (χ0n) is 19.7. The third-order valence-electron chi connectivity index (χ3n) is 7.23. The Kier molecular flexibility index (Phi) is 7.32. The topological polar surface area (TPSA) is 90.0 Å². The molecule has 2 N–H and O–H groups in total. The van der Waals surface area contributed by atoms with Crippen LogP contribution in [0.3, 0.4) is 0 Å². The van der Waals surface area contributed by atoms with E-state index in [0.29, 0.717) is 31.7 Å². The van der Waals surface area contributed by atoms with Gasteiger partial charge in [-0.2, -0.15) is 0 Å². The van der Waals surface area contributed by atoms with Gasteiger partial charge in [0.05, 0.1) is 12.0 Å². The summed E-state index contributed by atoms with van der Waals surface area (Å²) in [6.07, 6.45) is 3.43. The Morgan fingerprint density at radius 2 is 1.56 bits per heavy atom. The minimum absolute atomic E-state index is 0.0331. The van der Waals surface area contributed by atoms with Crippen molar-refractivity contribution in [2.24, 2.45) is 0 Å². The van der Waals surface area contributed by atoms with Crippen molar-refractivity contribution in [1.29, 1.82) is 0 Å². The molecule has 2 aliphatic rings. The van der Waals surface area contributed by atoms with E-state index in [-0.39, 0.29) is 17.6 Å². The third kappa shape index (κ3) is 4.85. The fourth-order valence-electron chi connectivity index (χ4n) is 5.18. The van der Waals surface area contributed by atoms with E-state index in [9.17, 15) is 19.5 Å². The van der Waals surface area contributed by atoms with Crippen LogP contribution in [0.2, 0.25) is 0 Å². The second-order valence-electron chi connectivity index (χ2n) is 9.28. The number of benzene rings is 2. The number of nitrogens with one attached hydrogen (secondary N) is 1. The van der Waals surface area contributed by atoms with E-state index in [1.165, 1.54) is 0 Å². The average Bonchev–Trinajstić information content (AvgIpc) is 3.39. The molecule has 7 heteroatoms. The number of carbonyl (C=O) groups excluding carboxylic acids is 3. The fourth-order valence-corrected chi connectivity index (χ4v) is 5.18. The lowest BCUT2D eigenvalue weighted by Gasteiger charge is -2.38. The summed E-state index contributed by atoms with van der Waals surface area (Å²) < 4.78 is 0. The van der Waals surface area contributed by atoms with Gasteiger partial charge in [-0.25, -0.2) is 0 Å². The fraction of sp³-hybridized carbons (Fsp3) is 0.444. The number of hydrogen-bond acceptors (Lipinski definition) is 5. The van der Waals surface area contributed by atoms with E-state index in [1.54, 1.807) is 11.8 Å². The van der Waals surface area contributed by atoms with Crippen LogP contribution >= 0.6 is 0 Å². The van der Waals surface area contributed by atoms with Gasteiger partial charge in [0.15, 0.2) is 5.78 Å². The number of Topliss-reactive ketones (excluding diaryl/α,β-unsaturated/α-hetero) is 1. The molecule has 2 aromatic carbocycles. The van der Waals surface area contributed by atoms with Crippen molar-refractivity contribution in [3.8, 4) is 0 Å². The molecule has 1 heterocycles. The van der Waals surface area contributed by atoms with E-state index in [2.05, 4.69) is 10.2 Å². The molecule has 0 radical (unpaired) electrons. The number of carbonyl (C=O) groups is 3. The standard InChI is InChI=1S/C27H33N3O4/c1-20(32)21-9-11-23(12-10-21)29-15-17-30(18-16-29)25(33)24(19-31)28-26(34)27(13-5-6-14-27)22-7-3-2-4-8-22/h2-4,7-12,24,31H,5-6,13-19H2,1H3,(H,28,34). The Labute approximate surface area is 200 Å². The van der Waals surface area contributed by atoms with Crippen molar-refractivity contribution in [2.75, 3.05) is 37.7 Å². The van der Waals surface area contributed by atoms with E-state index in [4.69, 9.17) is 0 Å². The number of rotatable bonds is 7. The van der Waals surface area contributed by atoms with Crippen molar-refractivity contribution in [1.82, 2.24) is 10.2 Å². The molecule has 34 heavy (non-hydrogen) atoms. The monoisotopic (exact) mass is 463 g/mol. The number of ketones is 1. The maximum atomic E-state index is 13.4. The maximum absolute atomic E-state index is 13.4. The first-order valence-corrected chi connectivity index (χ1v) is 12.1. The van der Waals surface area contributed by atoms with Crippen LogP contribution < -0.4 is 10.2 Å². The number of amides is 2. The highest BCUT2D eigenvalue weighted by molar-refractivity contribution is 5.94. The molecule has 2 aromatic rings. The lowest BCUT2D eigenvalue weighted by molar-refractivity contribution is -0.139. The Morgan fingerprint density at radius 1 is 0.941 bits per heavy atom. The molecule has 180 valence electrons. The van der Waals surface area contributed by atoms with Gasteiger partial charge in [0.25, 0.3) is 0 Å². The van der Waals surface area contributed by atoms with Gasteiger partial charge < -0.3 is 20.2 Å². The predicted molar refractivity (Wildman–Crippen MR) is 131 cm³/mol. The lowest BCUT2D eigenvalue weighted by atomic mass is 9.78. The van der Waals surface area contributed by atoms with Gasteiger partial charge in [-0.15, -0.1) is 0 Å². The van der Waals surface area contributed by atoms with Crippen molar-refractivity contribution in [3.05, 3.63) is 65.7 Å². The molecule has 1 aliphatic carbocycles. The molecular weight excluding hydrogens is 430 g/mol. The summed E-state index contributed by atoms with van der Waals surface area (Å²) in [6, 6.07) is 16.3. The number of aliphatic hydroxyl groups excluding tert-OH is 1. The van der Waals surface area contributed by atoms with Crippen LogP contribution in [0.5, 0.6) is 0 Å². The second kappa shape index (κ2) is 10.4. The second-order valence-corrected chi connectivity index (χ2v) is 9.28. The molecule has 1 saturated heterocycles. The predicted octanol–water partition coefficient (Wildman–Crippen LogP) is 2.53. The van der Waals surface area contributed by atoms with Crippen LogP contribution in [-0.2, 0) is 15.0 Å². The van der Waals surface area contributed by atoms with Gasteiger partial charge in [-0.3, -0.25) is 14.4 Å². The minimum Gasteiger partial charge on any atom is -0.394 e. The van der Waals surface area contributed by atoms with Crippen molar-refractivity contribution in [3.63, 3.8) is 0 Å². The molecule has 1 unspecified atom stereocenters. The molecule has 0 bridgehead atoms. The van der Waals surface area contributed by atoms with Gasteiger partial charge in [-0.1, -0.05) is 43.2 Å². The summed E-state index contributed by atoms with van der Waals surface area (Å²) in [5.74, 6) is -0.387. The SMILES string of the molecule is CC(=O)c1ccc(N2CCN(C(=O)C(CO)NC(=O)C3(c4ccccc4)CCCC3)CC2)cc1. The molecule has 2 amide bonds. The summed E-state index contributed by atoms with van der Waals surface area (Å²) in [5, 5.41) is 12.9. The summed E-state index contributed by atoms with van der Waals surface area (Å²) in [5.41, 5.74) is 2.02. The van der Waals surface area contributed by atoms with Crippen molar-refractivity contribution < 1.29 is 19.5 Å². The van der Waals surface area contributed by atoms with Crippen LogP contribution in [0.25, 0.3) is 0 Å². The highest BCUT2D eigenvalue weighted by atomic mass is 16.3. The van der Waals surface area contributed by atoms with E-state index in [1.807, 2.05) is 54.6 Å². The molecule has 1 atom stereocenters.